The highest BCUT2D eigenvalue weighted by atomic mass is 32.2. The number of hydrogen-bond acceptors (Lipinski definition) is 5. The zero-order chi connectivity index (χ0) is 18.9. The Balaban J connectivity index is 1.84. The summed E-state index contributed by atoms with van der Waals surface area (Å²) in [5, 5.41) is 6.28. The number of anilines is 1. The van der Waals surface area contributed by atoms with Crippen molar-refractivity contribution < 1.29 is 14.3 Å². The number of benzene rings is 2. The van der Waals surface area contributed by atoms with E-state index < -0.39 is 0 Å². The van der Waals surface area contributed by atoms with Crippen molar-refractivity contribution in [2.75, 3.05) is 25.8 Å². The predicted octanol–water partition coefficient (Wildman–Crippen LogP) is 3.93. The van der Waals surface area contributed by atoms with E-state index in [1.54, 1.807) is 44.2 Å². The van der Waals surface area contributed by atoms with Crippen molar-refractivity contribution in [1.82, 2.24) is 5.32 Å². The van der Waals surface area contributed by atoms with E-state index in [0.29, 0.717) is 23.6 Å². The molecule has 26 heavy (non-hydrogen) atoms. The first-order valence-corrected chi connectivity index (χ1v) is 9.66. The Hall–Kier alpha value is -2.18. The number of methoxy groups -OCH3 is 2. The van der Waals surface area contributed by atoms with Crippen molar-refractivity contribution in [3.05, 3.63) is 48.0 Å². The number of nitrogens with one attached hydrogen (secondary N) is 2. The molecule has 2 N–H and O–H groups in total. The molecule has 0 bridgehead atoms. The number of thioether (sulfide) groups is 1. The summed E-state index contributed by atoms with van der Waals surface area (Å²) in [6, 6.07) is 13.8. The molecule has 0 saturated carbocycles. The van der Waals surface area contributed by atoms with Crippen LogP contribution < -0.4 is 20.1 Å². The number of carbonyl (C=O) groups excluding carboxylic acids is 1. The van der Waals surface area contributed by atoms with Crippen LogP contribution in [-0.4, -0.2) is 32.4 Å². The summed E-state index contributed by atoms with van der Waals surface area (Å²) in [4.78, 5) is 13.5. The molecule has 0 aromatic heterocycles. The first kappa shape index (κ1) is 20.1. The molecular formula is C20H26N2O3S. The minimum atomic E-state index is -0.0637. The first-order valence-electron chi connectivity index (χ1n) is 8.44. The van der Waals surface area contributed by atoms with Crippen LogP contribution in [0.1, 0.15) is 18.9 Å². The van der Waals surface area contributed by atoms with Crippen LogP contribution in [0, 0.1) is 0 Å². The van der Waals surface area contributed by atoms with Gasteiger partial charge in [-0.2, -0.15) is 0 Å². The van der Waals surface area contributed by atoms with Gasteiger partial charge in [0.15, 0.2) is 0 Å². The minimum absolute atomic E-state index is 0.0551. The third-order valence-corrected chi connectivity index (χ3v) is 4.73. The van der Waals surface area contributed by atoms with Crippen LogP contribution in [0.5, 0.6) is 11.5 Å². The van der Waals surface area contributed by atoms with Gasteiger partial charge in [0.05, 0.1) is 19.9 Å². The number of carbonyl (C=O) groups is 1. The fourth-order valence-corrected chi connectivity index (χ4v) is 2.90. The van der Waals surface area contributed by atoms with Gasteiger partial charge in [-0.25, -0.2) is 0 Å². The van der Waals surface area contributed by atoms with Gasteiger partial charge < -0.3 is 20.1 Å². The lowest BCUT2D eigenvalue weighted by atomic mass is 10.1. The molecule has 6 heteroatoms. The van der Waals surface area contributed by atoms with Gasteiger partial charge in [0.25, 0.3) is 0 Å². The van der Waals surface area contributed by atoms with Gasteiger partial charge in [0, 0.05) is 30.0 Å². The minimum Gasteiger partial charge on any atom is -0.497 e. The average Bonchev–Trinajstić information content (AvgIpc) is 2.67. The van der Waals surface area contributed by atoms with Crippen LogP contribution in [0.2, 0.25) is 0 Å². The normalized spacial score (nSPS) is 11.7. The quantitative estimate of drug-likeness (QED) is 0.651. The molecule has 5 nitrogen and oxygen atoms in total. The van der Waals surface area contributed by atoms with Crippen LogP contribution in [0.15, 0.2) is 47.4 Å². The van der Waals surface area contributed by atoms with E-state index in [-0.39, 0.29) is 11.9 Å². The summed E-state index contributed by atoms with van der Waals surface area (Å²) in [5.41, 5.74) is 1.84. The molecule has 0 spiro atoms. The first-order chi connectivity index (χ1) is 12.5. The fourth-order valence-electron chi connectivity index (χ4n) is 2.49. The molecule has 140 valence electrons. The number of rotatable bonds is 9. The molecular weight excluding hydrogens is 348 g/mol. The van der Waals surface area contributed by atoms with E-state index in [0.717, 1.165) is 6.54 Å². The number of ether oxygens (including phenoxy) is 2. The molecule has 2 aromatic rings. The average molecular weight is 375 g/mol. The Morgan fingerprint density at radius 3 is 2.46 bits per heavy atom. The Kier molecular flexibility index (Phi) is 7.81. The van der Waals surface area contributed by atoms with E-state index in [1.807, 2.05) is 6.92 Å². The molecule has 0 aliphatic heterocycles. The summed E-state index contributed by atoms with van der Waals surface area (Å²) in [7, 11) is 3.16. The van der Waals surface area contributed by atoms with E-state index in [1.165, 1.54) is 10.5 Å². The number of hydrogen-bond donors (Lipinski definition) is 2. The second-order valence-electron chi connectivity index (χ2n) is 5.95. The molecule has 0 heterocycles. The maximum Gasteiger partial charge on any atom is 0.226 e. The van der Waals surface area contributed by atoms with Crippen LogP contribution >= 0.6 is 11.8 Å². The summed E-state index contributed by atoms with van der Waals surface area (Å²) in [5.74, 6) is 1.20. The molecule has 0 fully saturated rings. The van der Waals surface area contributed by atoms with E-state index >= 15 is 0 Å². The Morgan fingerprint density at radius 2 is 1.85 bits per heavy atom. The van der Waals surface area contributed by atoms with Crippen molar-refractivity contribution in [3.8, 4) is 11.5 Å². The predicted molar refractivity (Wildman–Crippen MR) is 107 cm³/mol. The molecule has 1 amide bonds. The van der Waals surface area contributed by atoms with Crippen LogP contribution in [0.3, 0.4) is 0 Å². The fraction of sp³-hybridized carbons (Fsp3) is 0.350. The van der Waals surface area contributed by atoms with Gasteiger partial charge in [0.2, 0.25) is 5.91 Å². The van der Waals surface area contributed by atoms with Gasteiger partial charge in [-0.1, -0.05) is 12.1 Å². The van der Waals surface area contributed by atoms with Crippen LogP contribution in [0.4, 0.5) is 5.69 Å². The monoisotopic (exact) mass is 374 g/mol. The molecule has 1 atom stereocenters. The maximum atomic E-state index is 12.3. The Labute approximate surface area is 159 Å². The van der Waals surface area contributed by atoms with Crippen molar-refractivity contribution in [3.63, 3.8) is 0 Å². The summed E-state index contributed by atoms with van der Waals surface area (Å²) in [6.07, 6.45) is 2.43. The van der Waals surface area contributed by atoms with E-state index in [9.17, 15) is 4.79 Å². The third kappa shape index (κ3) is 5.97. The largest absolute Gasteiger partial charge is 0.497 e. The standard InChI is InChI=1S/C20H26N2O3S/c1-14(21-13-15-5-8-17(26-4)9-6-15)11-20(23)22-18-10-7-16(24-2)12-19(18)25-3/h5-10,12,14,21H,11,13H2,1-4H3,(H,22,23). The summed E-state index contributed by atoms with van der Waals surface area (Å²) >= 11 is 1.72. The van der Waals surface area contributed by atoms with Gasteiger partial charge in [-0.05, 0) is 43.0 Å². The van der Waals surface area contributed by atoms with Crippen molar-refractivity contribution in [2.24, 2.45) is 0 Å². The maximum absolute atomic E-state index is 12.3. The second kappa shape index (κ2) is 10.1. The third-order valence-electron chi connectivity index (χ3n) is 3.99. The molecule has 2 rings (SSSR count). The highest BCUT2D eigenvalue weighted by molar-refractivity contribution is 7.98. The second-order valence-corrected chi connectivity index (χ2v) is 6.83. The van der Waals surface area contributed by atoms with Gasteiger partial charge in [0.1, 0.15) is 11.5 Å². The Bertz CT molecular complexity index is 719. The van der Waals surface area contributed by atoms with E-state index in [2.05, 4.69) is 41.2 Å². The highest BCUT2D eigenvalue weighted by Crippen LogP contribution is 2.29. The lowest BCUT2D eigenvalue weighted by molar-refractivity contribution is -0.116. The highest BCUT2D eigenvalue weighted by Gasteiger charge is 2.12. The zero-order valence-electron chi connectivity index (χ0n) is 15.7. The van der Waals surface area contributed by atoms with Crippen molar-refractivity contribution in [2.45, 2.75) is 30.8 Å². The molecule has 1 unspecified atom stereocenters. The van der Waals surface area contributed by atoms with E-state index in [4.69, 9.17) is 9.47 Å². The van der Waals surface area contributed by atoms with Gasteiger partial charge >= 0.3 is 0 Å². The molecule has 0 saturated heterocycles. The Morgan fingerprint density at radius 1 is 1.12 bits per heavy atom. The van der Waals surface area contributed by atoms with Gasteiger partial charge in [-0.3, -0.25) is 4.79 Å². The van der Waals surface area contributed by atoms with Crippen molar-refractivity contribution >= 4 is 23.4 Å². The van der Waals surface area contributed by atoms with Crippen molar-refractivity contribution in [1.29, 1.82) is 0 Å². The topological polar surface area (TPSA) is 59.6 Å². The zero-order valence-corrected chi connectivity index (χ0v) is 16.5. The van der Waals surface area contributed by atoms with Gasteiger partial charge in [-0.15, -0.1) is 11.8 Å². The molecule has 0 aliphatic carbocycles. The molecule has 2 aromatic carbocycles. The van der Waals surface area contributed by atoms with Crippen LogP contribution in [-0.2, 0) is 11.3 Å². The molecule has 0 aliphatic rings. The lowest BCUT2D eigenvalue weighted by Gasteiger charge is -2.15. The summed E-state index contributed by atoms with van der Waals surface area (Å²) < 4.78 is 10.5. The lowest BCUT2D eigenvalue weighted by Crippen LogP contribution is -2.30. The van der Waals surface area contributed by atoms with Crippen LogP contribution in [0.25, 0.3) is 0 Å². The SMILES string of the molecule is COc1ccc(NC(=O)CC(C)NCc2ccc(SC)cc2)c(OC)c1. The molecule has 0 radical (unpaired) electrons. The smallest absolute Gasteiger partial charge is 0.226 e. The number of amides is 1. The summed E-state index contributed by atoms with van der Waals surface area (Å²) in [6.45, 7) is 2.73.